The number of hydrogen-bond donors (Lipinski definition) is 2. The Labute approximate surface area is 84.5 Å². The van der Waals surface area contributed by atoms with Crippen LogP contribution >= 0.6 is 0 Å². The predicted molar refractivity (Wildman–Crippen MR) is 56.5 cm³/mol. The lowest BCUT2D eigenvalue weighted by molar-refractivity contribution is -0.122. The van der Waals surface area contributed by atoms with Gasteiger partial charge in [-0.2, -0.15) is 0 Å². The van der Waals surface area contributed by atoms with E-state index in [1.54, 1.807) is 0 Å². The third-order valence-corrected chi connectivity index (χ3v) is 2.01. The summed E-state index contributed by atoms with van der Waals surface area (Å²) in [5, 5.41) is 0. The largest absolute Gasteiger partial charge is 0.291 e. The molecule has 0 bridgehead atoms. The quantitative estimate of drug-likeness (QED) is 0.649. The maximum atomic E-state index is 10.4. The van der Waals surface area contributed by atoms with E-state index in [4.69, 9.17) is 0 Å². The van der Waals surface area contributed by atoms with Gasteiger partial charge in [0.2, 0.25) is 5.91 Å². The highest BCUT2D eigenvalue weighted by Gasteiger charge is 2.17. The third kappa shape index (κ3) is 3.58. The summed E-state index contributed by atoms with van der Waals surface area (Å²) in [5.74, 6) is 0.250. The Bertz CT molecular complexity index is 285. The summed E-state index contributed by atoms with van der Waals surface area (Å²) in [6.07, 6.45) is 0. The number of rotatable bonds is 0. The second-order valence-corrected chi connectivity index (χ2v) is 3.43. The second-order valence-electron chi connectivity index (χ2n) is 3.43. The van der Waals surface area contributed by atoms with Gasteiger partial charge < -0.3 is 0 Å². The second kappa shape index (κ2) is 5.40. The van der Waals surface area contributed by atoms with Crippen molar-refractivity contribution in [1.82, 2.24) is 10.9 Å². The number of nitrogens with one attached hydrogen (secondary N) is 2. The molecule has 0 spiro atoms. The fourth-order valence-corrected chi connectivity index (χ4v) is 1.04. The molecule has 3 nitrogen and oxygen atoms in total. The average Bonchev–Trinajstić information content (AvgIpc) is 2.53. The summed E-state index contributed by atoms with van der Waals surface area (Å²) < 4.78 is 0. The van der Waals surface area contributed by atoms with Gasteiger partial charge in [-0.25, -0.2) is 5.43 Å². The molecule has 1 aromatic rings. The van der Waals surface area contributed by atoms with Crippen molar-refractivity contribution in [1.29, 1.82) is 0 Å². The van der Waals surface area contributed by atoms with Crippen LogP contribution in [0, 0.1) is 12.8 Å². The molecule has 14 heavy (non-hydrogen) atoms. The fraction of sp³-hybridized carbons (Fsp3) is 0.364. The highest BCUT2D eigenvalue weighted by Crippen LogP contribution is 1.94. The summed E-state index contributed by atoms with van der Waals surface area (Å²) in [7, 11) is 0. The number of carbonyl (C=O) groups is 1. The minimum absolute atomic E-state index is 0.0972. The molecule has 1 amide bonds. The van der Waals surface area contributed by atoms with Gasteiger partial charge in [-0.3, -0.25) is 10.2 Å². The van der Waals surface area contributed by atoms with Gasteiger partial charge in [-0.15, -0.1) is 0 Å². The number of aryl methyl sites for hydroxylation is 1. The molecular weight excluding hydrogens is 176 g/mol. The van der Waals surface area contributed by atoms with Crippen LogP contribution in [0.2, 0.25) is 0 Å². The molecule has 76 valence electrons. The molecule has 1 unspecified atom stereocenters. The standard InChI is InChI=1S/C7H8.C4H8N2O/c1-7-5-3-2-4-6-7;1-3-2-5-6-4(3)7/h2-6H,1H3;3,5H,2H2,1H3,(H,6,7). The fourth-order valence-electron chi connectivity index (χ4n) is 1.04. The number of amides is 1. The molecule has 1 aliphatic heterocycles. The minimum Gasteiger partial charge on any atom is -0.291 e. The number of benzene rings is 1. The van der Waals surface area contributed by atoms with Crippen molar-refractivity contribution in [3.63, 3.8) is 0 Å². The summed E-state index contributed by atoms with van der Waals surface area (Å²) >= 11 is 0. The first-order chi connectivity index (χ1) is 6.70. The van der Waals surface area contributed by atoms with E-state index < -0.39 is 0 Å². The van der Waals surface area contributed by atoms with Crippen LogP contribution in [-0.4, -0.2) is 12.5 Å². The van der Waals surface area contributed by atoms with E-state index in [1.807, 2.05) is 25.1 Å². The molecular formula is C11H16N2O. The number of carbonyl (C=O) groups excluding carboxylic acids is 1. The Kier molecular flexibility index (Phi) is 4.13. The number of hydrogen-bond acceptors (Lipinski definition) is 2. The summed E-state index contributed by atoms with van der Waals surface area (Å²) in [4.78, 5) is 10.4. The van der Waals surface area contributed by atoms with E-state index in [0.29, 0.717) is 0 Å². The summed E-state index contributed by atoms with van der Waals surface area (Å²) in [6.45, 7) is 4.73. The van der Waals surface area contributed by atoms with E-state index >= 15 is 0 Å². The van der Waals surface area contributed by atoms with Gasteiger partial charge in [-0.05, 0) is 6.92 Å². The Morgan fingerprint density at radius 3 is 2.14 bits per heavy atom. The molecule has 2 N–H and O–H groups in total. The van der Waals surface area contributed by atoms with Crippen LogP contribution in [-0.2, 0) is 4.79 Å². The van der Waals surface area contributed by atoms with Gasteiger partial charge in [0, 0.05) is 6.54 Å². The van der Waals surface area contributed by atoms with Crippen molar-refractivity contribution in [3.05, 3.63) is 35.9 Å². The van der Waals surface area contributed by atoms with Crippen molar-refractivity contribution < 1.29 is 4.79 Å². The molecule has 3 heteroatoms. The lowest BCUT2D eigenvalue weighted by atomic mass is 10.2. The zero-order valence-corrected chi connectivity index (χ0v) is 8.58. The molecule has 2 rings (SSSR count). The van der Waals surface area contributed by atoms with Crippen LogP contribution in [0.4, 0.5) is 0 Å². The van der Waals surface area contributed by atoms with E-state index in [9.17, 15) is 4.79 Å². The summed E-state index contributed by atoms with van der Waals surface area (Å²) in [5.41, 5.74) is 6.52. The van der Waals surface area contributed by atoms with Gasteiger partial charge in [0.15, 0.2) is 0 Å². The molecule has 0 aromatic heterocycles. The van der Waals surface area contributed by atoms with E-state index in [-0.39, 0.29) is 11.8 Å². The van der Waals surface area contributed by atoms with Crippen LogP contribution in [0.3, 0.4) is 0 Å². The van der Waals surface area contributed by atoms with Crippen LogP contribution in [0.25, 0.3) is 0 Å². The highest BCUT2D eigenvalue weighted by atomic mass is 16.2. The Morgan fingerprint density at radius 1 is 1.29 bits per heavy atom. The van der Waals surface area contributed by atoms with Gasteiger partial charge >= 0.3 is 0 Å². The molecule has 1 heterocycles. The van der Waals surface area contributed by atoms with Crippen molar-refractivity contribution in [2.24, 2.45) is 5.92 Å². The maximum Gasteiger partial charge on any atom is 0.238 e. The number of hydrazine groups is 1. The van der Waals surface area contributed by atoms with E-state index in [2.05, 4.69) is 29.9 Å². The Balaban J connectivity index is 0.000000140. The highest BCUT2D eigenvalue weighted by molar-refractivity contribution is 5.79. The first kappa shape index (κ1) is 10.7. The van der Waals surface area contributed by atoms with E-state index in [0.717, 1.165) is 6.54 Å². The molecule has 1 atom stereocenters. The average molecular weight is 192 g/mol. The molecule has 0 radical (unpaired) electrons. The molecule has 1 saturated heterocycles. The molecule has 1 aromatic carbocycles. The van der Waals surface area contributed by atoms with E-state index in [1.165, 1.54) is 5.56 Å². The van der Waals surface area contributed by atoms with Gasteiger partial charge in [0.25, 0.3) is 0 Å². The zero-order chi connectivity index (χ0) is 10.4. The maximum absolute atomic E-state index is 10.4. The Morgan fingerprint density at radius 2 is 1.93 bits per heavy atom. The molecule has 1 fully saturated rings. The van der Waals surface area contributed by atoms with Gasteiger partial charge in [-0.1, -0.05) is 42.8 Å². The smallest absolute Gasteiger partial charge is 0.238 e. The molecule has 1 aliphatic rings. The van der Waals surface area contributed by atoms with Crippen molar-refractivity contribution in [2.45, 2.75) is 13.8 Å². The lowest BCUT2D eigenvalue weighted by Gasteiger charge is -1.88. The van der Waals surface area contributed by atoms with Crippen molar-refractivity contribution in [2.75, 3.05) is 6.54 Å². The molecule has 0 aliphatic carbocycles. The lowest BCUT2D eigenvalue weighted by Crippen LogP contribution is -2.25. The van der Waals surface area contributed by atoms with Crippen LogP contribution in [0.5, 0.6) is 0 Å². The van der Waals surface area contributed by atoms with Crippen LogP contribution in [0.15, 0.2) is 30.3 Å². The summed E-state index contributed by atoms with van der Waals surface area (Å²) in [6, 6.07) is 10.3. The Hall–Kier alpha value is -1.35. The molecule has 0 saturated carbocycles. The van der Waals surface area contributed by atoms with Gasteiger partial charge in [0.1, 0.15) is 0 Å². The monoisotopic (exact) mass is 192 g/mol. The minimum atomic E-state index is 0.0972. The normalized spacial score (nSPS) is 19.6. The SMILES string of the molecule is CC1CNNC1=O.Cc1ccccc1. The van der Waals surface area contributed by atoms with Crippen molar-refractivity contribution in [3.8, 4) is 0 Å². The van der Waals surface area contributed by atoms with Crippen molar-refractivity contribution >= 4 is 5.91 Å². The predicted octanol–water partition coefficient (Wildman–Crippen LogP) is 1.25. The van der Waals surface area contributed by atoms with Gasteiger partial charge in [0.05, 0.1) is 5.92 Å². The zero-order valence-electron chi connectivity index (χ0n) is 8.58. The first-order valence-corrected chi connectivity index (χ1v) is 4.74. The topological polar surface area (TPSA) is 41.1 Å². The first-order valence-electron chi connectivity index (χ1n) is 4.74. The third-order valence-electron chi connectivity index (χ3n) is 2.01. The van der Waals surface area contributed by atoms with Crippen LogP contribution in [0.1, 0.15) is 12.5 Å². The van der Waals surface area contributed by atoms with Crippen LogP contribution < -0.4 is 10.9 Å².